The van der Waals surface area contributed by atoms with Gasteiger partial charge < -0.3 is 0 Å². The highest BCUT2D eigenvalue weighted by Gasteiger charge is 2.27. The Labute approximate surface area is 78.0 Å². The number of allylic oxidation sites excluding steroid dienone is 2. The lowest BCUT2D eigenvalue weighted by atomic mass is 9.96. The minimum atomic E-state index is 0.121. The first-order chi connectivity index (χ1) is 6.25. The van der Waals surface area contributed by atoms with Gasteiger partial charge in [-0.2, -0.15) is 0 Å². The Kier molecular flexibility index (Phi) is 2.30. The van der Waals surface area contributed by atoms with Crippen molar-refractivity contribution in [2.24, 2.45) is 11.8 Å². The number of hydrogen-bond donors (Lipinski definition) is 0. The molecular weight excluding hydrogens is 164 g/mol. The third-order valence-corrected chi connectivity index (χ3v) is 2.95. The van der Waals surface area contributed by atoms with Gasteiger partial charge in [-0.15, -0.1) is 0 Å². The zero-order chi connectivity index (χ0) is 9.26. The van der Waals surface area contributed by atoms with E-state index in [9.17, 15) is 9.59 Å². The van der Waals surface area contributed by atoms with Crippen molar-refractivity contribution in [3.8, 4) is 0 Å². The van der Waals surface area contributed by atoms with Crippen LogP contribution in [0.3, 0.4) is 0 Å². The lowest BCUT2D eigenvalue weighted by Gasteiger charge is -2.06. The predicted molar refractivity (Wildman–Crippen MR) is 49.2 cm³/mol. The Morgan fingerprint density at radius 3 is 2.85 bits per heavy atom. The number of fused-ring (bicyclic) bond motifs is 2. The third-order valence-electron chi connectivity index (χ3n) is 2.95. The van der Waals surface area contributed by atoms with Crippen LogP contribution in [0.1, 0.15) is 32.1 Å². The number of Topliss-reactive ketones (excluding diaryl/α,β-unsaturated/α-hetero) is 2. The largest absolute Gasteiger partial charge is 0.300 e. The van der Waals surface area contributed by atoms with Gasteiger partial charge in [-0.05, 0) is 18.8 Å². The number of ketones is 2. The predicted octanol–water partition coefficient (Wildman–Crippen LogP) is 1.89. The number of carbonyl (C=O) groups excluding carboxylic acids is 2. The monoisotopic (exact) mass is 178 g/mol. The second-order valence-electron chi connectivity index (χ2n) is 4.05. The van der Waals surface area contributed by atoms with Gasteiger partial charge in [-0.25, -0.2) is 0 Å². The summed E-state index contributed by atoms with van der Waals surface area (Å²) in [4.78, 5) is 22.9. The fraction of sp³-hybridized carbons (Fsp3) is 0.636. The van der Waals surface area contributed by atoms with E-state index in [0.29, 0.717) is 36.7 Å². The molecule has 0 unspecified atom stereocenters. The molecule has 1 fully saturated rings. The summed E-state index contributed by atoms with van der Waals surface area (Å²) in [5, 5.41) is 0. The Balaban J connectivity index is 2.12. The highest BCUT2D eigenvalue weighted by Crippen LogP contribution is 2.30. The average molecular weight is 178 g/mol. The van der Waals surface area contributed by atoms with E-state index in [-0.39, 0.29) is 5.92 Å². The SMILES string of the molecule is O=C1CCCC(=O)[C@H]2C=C[C@@H](C1)C2. The van der Waals surface area contributed by atoms with E-state index in [1.807, 2.05) is 12.2 Å². The molecule has 0 saturated heterocycles. The highest BCUT2D eigenvalue weighted by molar-refractivity contribution is 5.85. The van der Waals surface area contributed by atoms with Gasteiger partial charge in [0.05, 0.1) is 0 Å². The topological polar surface area (TPSA) is 34.1 Å². The van der Waals surface area contributed by atoms with Gasteiger partial charge in [-0.1, -0.05) is 12.2 Å². The van der Waals surface area contributed by atoms with Gasteiger partial charge in [0, 0.05) is 25.2 Å². The first-order valence-corrected chi connectivity index (χ1v) is 4.98. The van der Waals surface area contributed by atoms with Crippen LogP contribution in [0.2, 0.25) is 0 Å². The van der Waals surface area contributed by atoms with E-state index in [1.165, 1.54) is 0 Å². The van der Waals surface area contributed by atoms with Gasteiger partial charge in [0.2, 0.25) is 0 Å². The molecule has 70 valence electrons. The maximum Gasteiger partial charge on any atom is 0.139 e. The van der Waals surface area contributed by atoms with Crippen LogP contribution in [-0.2, 0) is 9.59 Å². The van der Waals surface area contributed by atoms with Gasteiger partial charge in [0.25, 0.3) is 0 Å². The highest BCUT2D eigenvalue weighted by atomic mass is 16.1. The van der Waals surface area contributed by atoms with E-state index >= 15 is 0 Å². The van der Waals surface area contributed by atoms with Crippen LogP contribution < -0.4 is 0 Å². The Morgan fingerprint density at radius 1 is 1.15 bits per heavy atom. The Hall–Kier alpha value is -0.920. The van der Waals surface area contributed by atoms with Gasteiger partial charge in [-0.3, -0.25) is 9.59 Å². The normalized spacial score (nSPS) is 34.2. The van der Waals surface area contributed by atoms with Crippen LogP contribution in [0, 0.1) is 11.8 Å². The van der Waals surface area contributed by atoms with Crippen LogP contribution in [0.25, 0.3) is 0 Å². The second-order valence-corrected chi connectivity index (χ2v) is 4.05. The zero-order valence-electron chi connectivity index (χ0n) is 7.66. The summed E-state index contributed by atoms with van der Waals surface area (Å²) in [5.74, 6) is 1.12. The molecule has 2 rings (SSSR count). The molecule has 2 nitrogen and oxygen atoms in total. The fourth-order valence-corrected chi connectivity index (χ4v) is 2.20. The summed E-state index contributed by atoms with van der Waals surface area (Å²) >= 11 is 0. The van der Waals surface area contributed by atoms with E-state index in [0.717, 1.165) is 12.8 Å². The van der Waals surface area contributed by atoms with Crippen molar-refractivity contribution < 1.29 is 9.59 Å². The molecule has 2 heteroatoms. The van der Waals surface area contributed by atoms with Crippen LogP contribution in [0.15, 0.2) is 12.2 Å². The second kappa shape index (κ2) is 3.44. The lowest BCUT2D eigenvalue weighted by Crippen LogP contribution is -2.10. The molecule has 13 heavy (non-hydrogen) atoms. The molecule has 1 saturated carbocycles. The van der Waals surface area contributed by atoms with Crippen molar-refractivity contribution in [2.75, 3.05) is 0 Å². The van der Waals surface area contributed by atoms with Crippen molar-refractivity contribution >= 4 is 11.6 Å². The molecule has 0 aliphatic heterocycles. The molecule has 0 aromatic carbocycles. The van der Waals surface area contributed by atoms with E-state index in [1.54, 1.807) is 0 Å². The fourth-order valence-electron chi connectivity index (χ4n) is 2.20. The summed E-state index contributed by atoms with van der Waals surface area (Å²) in [6.07, 6.45) is 7.52. The minimum Gasteiger partial charge on any atom is -0.300 e. The molecule has 2 aliphatic rings. The molecule has 0 aromatic heterocycles. The van der Waals surface area contributed by atoms with Gasteiger partial charge >= 0.3 is 0 Å². The number of hydrogen-bond acceptors (Lipinski definition) is 2. The molecule has 0 radical (unpaired) electrons. The van der Waals surface area contributed by atoms with Crippen molar-refractivity contribution in [3.05, 3.63) is 12.2 Å². The molecule has 2 bridgehead atoms. The van der Waals surface area contributed by atoms with Crippen molar-refractivity contribution in [1.29, 1.82) is 0 Å². The lowest BCUT2D eigenvalue weighted by molar-refractivity contribution is -0.121. The number of rotatable bonds is 0. The maximum atomic E-state index is 11.5. The molecule has 0 spiro atoms. The van der Waals surface area contributed by atoms with Crippen molar-refractivity contribution in [3.63, 3.8) is 0 Å². The first kappa shape index (κ1) is 8.67. The Bertz CT molecular complexity index is 265. The van der Waals surface area contributed by atoms with E-state index in [4.69, 9.17) is 0 Å². The van der Waals surface area contributed by atoms with E-state index < -0.39 is 0 Å². The van der Waals surface area contributed by atoms with Crippen molar-refractivity contribution in [1.82, 2.24) is 0 Å². The molecule has 2 aliphatic carbocycles. The smallest absolute Gasteiger partial charge is 0.139 e. The molecule has 0 N–H and O–H groups in total. The zero-order valence-corrected chi connectivity index (χ0v) is 7.66. The summed E-state index contributed by atoms with van der Waals surface area (Å²) < 4.78 is 0. The maximum absolute atomic E-state index is 11.5. The van der Waals surface area contributed by atoms with Crippen LogP contribution in [0.4, 0.5) is 0 Å². The van der Waals surface area contributed by atoms with Crippen LogP contribution in [0.5, 0.6) is 0 Å². The van der Waals surface area contributed by atoms with Crippen LogP contribution >= 0.6 is 0 Å². The Morgan fingerprint density at radius 2 is 2.00 bits per heavy atom. The molecule has 0 amide bonds. The molecule has 0 aromatic rings. The van der Waals surface area contributed by atoms with Crippen molar-refractivity contribution in [2.45, 2.75) is 32.1 Å². The molecule has 2 atom stereocenters. The quantitative estimate of drug-likeness (QED) is 0.531. The summed E-state index contributed by atoms with van der Waals surface area (Å²) in [7, 11) is 0. The number of carbonyl (C=O) groups is 2. The standard InChI is InChI=1S/C11H14O2/c12-10-2-1-3-11(13)9-5-4-8(6-9)7-10/h4-5,8-9H,1-3,6-7H2/t8-,9+/m1/s1. The average Bonchev–Trinajstić information content (AvgIpc) is 2.53. The van der Waals surface area contributed by atoms with Gasteiger partial charge in [0.15, 0.2) is 0 Å². The first-order valence-electron chi connectivity index (χ1n) is 4.98. The summed E-state index contributed by atoms with van der Waals surface area (Å²) in [6.45, 7) is 0. The molecular formula is C11H14O2. The minimum absolute atomic E-state index is 0.121. The van der Waals surface area contributed by atoms with Crippen LogP contribution in [-0.4, -0.2) is 11.6 Å². The molecule has 0 heterocycles. The van der Waals surface area contributed by atoms with Gasteiger partial charge in [0.1, 0.15) is 11.6 Å². The van der Waals surface area contributed by atoms with E-state index in [2.05, 4.69) is 0 Å². The summed E-state index contributed by atoms with van der Waals surface area (Å²) in [5.41, 5.74) is 0. The third kappa shape index (κ3) is 1.87. The summed E-state index contributed by atoms with van der Waals surface area (Å²) in [6, 6.07) is 0.